The maximum absolute atomic E-state index is 13.5. The molecule has 0 aliphatic rings. The summed E-state index contributed by atoms with van der Waals surface area (Å²) in [5.74, 6) is 4.91. The zero-order chi connectivity index (χ0) is 11.4. The van der Waals surface area contributed by atoms with Gasteiger partial charge in [-0.2, -0.15) is 0 Å². The van der Waals surface area contributed by atoms with Crippen LogP contribution in [0, 0.1) is 17.7 Å². The summed E-state index contributed by atoms with van der Waals surface area (Å²) in [6.45, 7) is 1.92. The van der Waals surface area contributed by atoms with E-state index in [4.69, 9.17) is 17.3 Å². The lowest BCUT2D eigenvalue weighted by molar-refractivity contribution is 0.624. The predicted octanol–water partition coefficient (Wildman–Crippen LogP) is 3.33. The maximum atomic E-state index is 13.5. The summed E-state index contributed by atoms with van der Waals surface area (Å²) in [4.78, 5) is 0. The highest BCUT2D eigenvalue weighted by Gasteiger charge is 2.08. The molecule has 1 aromatic carbocycles. The van der Waals surface area contributed by atoms with Crippen molar-refractivity contribution in [2.75, 3.05) is 0 Å². The molecule has 0 saturated carbocycles. The minimum Gasteiger partial charge on any atom is -0.318 e. The van der Waals surface area contributed by atoms with Crippen LogP contribution >= 0.6 is 27.5 Å². The van der Waals surface area contributed by atoms with Gasteiger partial charge in [0.25, 0.3) is 0 Å². The molecule has 0 saturated heterocycles. The monoisotopic (exact) mass is 289 g/mol. The average Bonchev–Trinajstić information content (AvgIpc) is 2.24. The number of hydrogen-bond donors (Lipinski definition) is 1. The van der Waals surface area contributed by atoms with E-state index in [0.717, 1.165) is 6.42 Å². The molecule has 0 fully saturated rings. The van der Waals surface area contributed by atoms with Crippen LogP contribution in [0.2, 0.25) is 5.02 Å². The fraction of sp³-hybridized carbons (Fsp3) is 0.273. The van der Waals surface area contributed by atoms with Crippen LogP contribution < -0.4 is 5.73 Å². The molecule has 1 rings (SSSR count). The largest absolute Gasteiger partial charge is 0.318 e. The first-order valence-electron chi connectivity index (χ1n) is 4.46. The van der Waals surface area contributed by atoms with E-state index in [9.17, 15) is 4.39 Å². The Labute approximate surface area is 102 Å². The summed E-state index contributed by atoms with van der Waals surface area (Å²) < 4.78 is 14.0. The van der Waals surface area contributed by atoms with Gasteiger partial charge >= 0.3 is 0 Å². The summed E-state index contributed by atoms with van der Waals surface area (Å²) in [5.41, 5.74) is 5.87. The molecule has 2 N–H and O–H groups in total. The van der Waals surface area contributed by atoms with Crippen LogP contribution in [0.5, 0.6) is 0 Å². The van der Waals surface area contributed by atoms with Gasteiger partial charge in [0, 0.05) is 4.47 Å². The van der Waals surface area contributed by atoms with Crippen LogP contribution in [0.15, 0.2) is 16.6 Å². The first kappa shape index (κ1) is 12.5. The SMILES string of the molecule is CCC(N)C#Cc1ccc(Br)c(Cl)c1F. The molecule has 0 radical (unpaired) electrons. The van der Waals surface area contributed by atoms with Crippen molar-refractivity contribution in [3.8, 4) is 11.8 Å². The molecule has 80 valence electrons. The zero-order valence-corrected chi connectivity index (χ0v) is 10.5. The van der Waals surface area contributed by atoms with E-state index in [1.165, 1.54) is 0 Å². The van der Waals surface area contributed by atoms with Crippen LogP contribution in [0.3, 0.4) is 0 Å². The highest BCUT2D eigenvalue weighted by molar-refractivity contribution is 9.10. The van der Waals surface area contributed by atoms with E-state index in [2.05, 4.69) is 27.8 Å². The number of benzene rings is 1. The summed E-state index contributed by atoms with van der Waals surface area (Å²) in [6.07, 6.45) is 0.735. The van der Waals surface area contributed by atoms with Crippen molar-refractivity contribution in [1.29, 1.82) is 0 Å². The molecular formula is C11H10BrClFN. The molecule has 1 aromatic rings. The topological polar surface area (TPSA) is 26.0 Å². The van der Waals surface area contributed by atoms with Crippen LogP contribution in [0.25, 0.3) is 0 Å². The molecular weight excluding hydrogens is 280 g/mol. The normalized spacial score (nSPS) is 11.8. The van der Waals surface area contributed by atoms with Crippen LogP contribution in [-0.4, -0.2) is 6.04 Å². The number of hydrogen-bond acceptors (Lipinski definition) is 1. The van der Waals surface area contributed by atoms with Crippen LogP contribution in [0.1, 0.15) is 18.9 Å². The van der Waals surface area contributed by atoms with E-state index >= 15 is 0 Å². The Morgan fingerprint density at radius 3 is 2.87 bits per heavy atom. The number of halogens is 3. The van der Waals surface area contributed by atoms with Crippen molar-refractivity contribution in [1.82, 2.24) is 0 Å². The third-order valence-electron chi connectivity index (χ3n) is 1.87. The lowest BCUT2D eigenvalue weighted by Gasteiger charge is -2.00. The van der Waals surface area contributed by atoms with Gasteiger partial charge in [-0.05, 0) is 34.5 Å². The summed E-state index contributed by atoms with van der Waals surface area (Å²) in [5, 5.41) is 0.0480. The lowest BCUT2D eigenvalue weighted by atomic mass is 10.2. The minimum absolute atomic E-state index is 0.0480. The molecule has 0 bridgehead atoms. The molecule has 1 atom stereocenters. The smallest absolute Gasteiger partial charge is 0.158 e. The molecule has 0 heterocycles. The number of rotatable bonds is 1. The van der Waals surface area contributed by atoms with Gasteiger partial charge in [0.05, 0.1) is 16.6 Å². The maximum Gasteiger partial charge on any atom is 0.158 e. The van der Waals surface area contributed by atoms with E-state index in [1.807, 2.05) is 6.92 Å². The molecule has 15 heavy (non-hydrogen) atoms. The Balaban J connectivity index is 3.05. The van der Waals surface area contributed by atoms with Gasteiger partial charge in [-0.1, -0.05) is 30.4 Å². The second-order valence-electron chi connectivity index (χ2n) is 3.01. The predicted molar refractivity (Wildman–Crippen MR) is 64.3 cm³/mol. The van der Waals surface area contributed by atoms with Gasteiger partial charge in [-0.15, -0.1) is 0 Å². The number of nitrogens with two attached hydrogens (primary N) is 1. The Morgan fingerprint density at radius 2 is 2.27 bits per heavy atom. The average molecular weight is 291 g/mol. The Kier molecular flexibility index (Phi) is 4.59. The van der Waals surface area contributed by atoms with Gasteiger partial charge in [0.1, 0.15) is 0 Å². The first-order chi connectivity index (χ1) is 7.06. The van der Waals surface area contributed by atoms with Gasteiger partial charge in [-0.3, -0.25) is 0 Å². The molecule has 1 unspecified atom stereocenters. The van der Waals surface area contributed by atoms with Crippen LogP contribution in [0.4, 0.5) is 4.39 Å². The van der Waals surface area contributed by atoms with E-state index < -0.39 is 5.82 Å². The van der Waals surface area contributed by atoms with Crippen molar-refractivity contribution < 1.29 is 4.39 Å². The van der Waals surface area contributed by atoms with Crippen molar-refractivity contribution in [2.45, 2.75) is 19.4 Å². The lowest BCUT2D eigenvalue weighted by Crippen LogP contribution is -2.15. The second-order valence-corrected chi connectivity index (χ2v) is 4.24. The molecule has 0 spiro atoms. The summed E-state index contributed by atoms with van der Waals surface area (Å²) in [7, 11) is 0. The molecule has 1 nitrogen and oxygen atoms in total. The summed E-state index contributed by atoms with van der Waals surface area (Å²) in [6, 6.07) is 3.00. The third-order valence-corrected chi connectivity index (χ3v) is 3.13. The van der Waals surface area contributed by atoms with E-state index in [1.54, 1.807) is 12.1 Å². The first-order valence-corrected chi connectivity index (χ1v) is 5.64. The standard InChI is InChI=1S/C11H10BrClFN/c1-2-8(15)5-3-7-4-6-9(12)10(13)11(7)14/h4,6,8H,2,15H2,1H3. The zero-order valence-electron chi connectivity index (χ0n) is 8.15. The highest BCUT2D eigenvalue weighted by atomic mass is 79.9. The van der Waals surface area contributed by atoms with Gasteiger partial charge in [0.15, 0.2) is 5.82 Å². The highest BCUT2D eigenvalue weighted by Crippen LogP contribution is 2.26. The second kappa shape index (κ2) is 5.50. The molecule has 0 aliphatic carbocycles. The molecule has 0 amide bonds. The fourth-order valence-corrected chi connectivity index (χ4v) is 1.37. The van der Waals surface area contributed by atoms with Crippen LogP contribution in [-0.2, 0) is 0 Å². The van der Waals surface area contributed by atoms with Crippen molar-refractivity contribution in [3.05, 3.63) is 33.0 Å². The molecule has 0 aliphatic heterocycles. The van der Waals surface area contributed by atoms with Crippen molar-refractivity contribution in [3.63, 3.8) is 0 Å². The van der Waals surface area contributed by atoms with E-state index in [0.29, 0.717) is 4.47 Å². The minimum atomic E-state index is -0.512. The molecule has 0 aromatic heterocycles. The van der Waals surface area contributed by atoms with Crippen molar-refractivity contribution >= 4 is 27.5 Å². The Bertz CT molecular complexity index is 423. The van der Waals surface area contributed by atoms with Gasteiger partial charge in [0.2, 0.25) is 0 Å². The third kappa shape index (κ3) is 3.20. The van der Waals surface area contributed by atoms with Gasteiger partial charge < -0.3 is 5.73 Å². The van der Waals surface area contributed by atoms with Gasteiger partial charge in [-0.25, -0.2) is 4.39 Å². The Morgan fingerprint density at radius 1 is 1.60 bits per heavy atom. The quantitative estimate of drug-likeness (QED) is 0.623. The summed E-state index contributed by atoms with van der Waals surface area (Å²) >= 11 is 8.84. The fourth-order valence-electron chi connectivity index (χ4n) is 0.895. The Hall–Kier alpha value is -0.560. The van der Waals surface area contributed by atoms with Crippen molar-refractivity contribution in [2.24, 2.45) is 5.73 Å². The van der Waals surface area contributed by atoms with E-state index in [-0.39, 0.29) is 16.6 Å². The molecule has 4 heteroatoms.